The number of ketones is 1. The molecule has 0 aliphatic rings. The molecular weight excluding hydrogens is 348 g/mol. The highest BCUT2D eigenvalue weighted by Gasteiger charge is 2.20. The number of aryl methyl sites for hydroxylation is 2. The summed E-state index contributed by atoms with van der Waals surface area (Å²) in [5, 5.41) is 9.70. The second-order valence-electron chi connectivity index (χ2n) is 5.56. The lowest BCUT2D eigenvalue weighted by Crippen LogP contribution is -2.32. The molecule has 1 aromatic heterocycles. The molecule has 25 heavy (non-hydrogen) atoms. The van der Waals surface area contributed by atoms with Gasteiger partial charge in [-0.3, -0.25) is 4.79 Å². The molecule has 0 atom stereocenters. The van der Waals surface area contributed by atoms with Crippen molar-refractivity contribution in [2.24, 2.45) is 0 Å². The van der Waals surface area contributed by atoms with Crippen LogP contribution in [-0.4, -0.2) is 17.3 Å². The number of hydrogen-bond donors (Lipinski definition) is 0. The summed E-state index contributed by atoms with van der Waals surface area (Å²) >= 11 is 3.04. The molecule has 0 saturated heterocycles. The zero-order valence-corrected chi connectivity index (χ0v) is 16.3. The third-order valence-corrected chi connectivity index (χ3v) is 5.72. The molecule has 0 aliphatic heterocycles. The van der Waals surface area contributed by atoms with Gasteiger partial charge < -0.3 is 0 Å². The first-order chi connectivity index (χ1) is 12.0. The topological polar surface area (TPSA) is 44.7 Å². The number of carbonyl (C=O) groups is 1. The molecule has 3 nitrogen and oxygen atoms in total. The van der Waals surface area contributed by atoms with Crippen LogP contribution in [0.4, 0.5) is 0 Å². The Balaban J connectivity index is 2.29. The van der Waals surface area contributed by atoms with Gasteiger partial charge in [0.05, 0.1) is 5.75 Å². The van der Waals surface area contributed by atoms with Crippen molar-refractivity contribution in [3.63, 3.8) is 0 Å². The molecule has 1 aromatic carbocycles. The number of Topliss-reactive ketones (excluding diaryl/α,β-unsaturated/α-hetero) is 1. The second-order valence-corrected chi connectivity index (χ2v) is 8.07. The molecule has 0 N–H and O–H groups in total. The smallest absolute Gasteiger partial charge is 0.293 e. The van der Waals surface area contributed by atoms with Gasteiger partial charge in [-0.15, -0.1) is 23.5 Å². The highest BCUT2D eigenvalue weighted by molar-refractivity contribution is 8.22. The van der Waals surface area contributed by atoms with Gasteiger partial charge in [0.25, 0.3) is 0 Å². The van der Waals surface area contributed by atoms with Crippen molar-refractivity contribution in [3.8, 4) is 6.07 Å². The predicted octanol–water partition coefficient (Wildman–Crippen LogP) is 4.61. The zero-order chi connectivity index (χ0) is 18.2. The maximum Gasteiger partial charge on any atom is 0.308 e. The van der Waals surface area contributed by atoms with E-state index in [1.54, 1.807) is 11.8 Å². The summed E-state index contributed by atoms with van der Waals surface area (Å²) in [6.07, 6.45) is 3.89. The number of nitrogens with zero attached hydrogens (tertiary/aromatic N) is 2. The number of pyridine rings is 1. The average molecular weight is 370 g/mol. The Labute approximate surface area is 157 Å². The van der Waals surface area contributed by atoms with Crippen molar-refractivity contribution < 1.29 is 9.36 Å². The summed E-state index contributed by atoms with van der Waals surface area (Å²) in [5.74, 6) is 1.24. The van der Waals surface area contributed by atoms with E-state index in [0.29, 0.717) is 17.0 Å². The van der Waals surface area contributed by atoms with Crippen molar-refractivity contribution in [3.05, 3.63) is 69.7 Å². The maximum atomic E-state index is 12.4. The van der Waals surface area contributed by atoms with Crippen LogP contribution >= 0.6 is 23.5 Å². The summed E-state index contributed by atoms with van der Waals surface area (Å²) in [7, 11) is 0. The minimum Gasteiger partial charge on any atom is -0.293 e. The standard InChI is InChI=1S/C20H21N2OS2/c1-4-24-20(25-14-19(23)17-8-6-5-7-9-17)18(11-21)22-12-15(2)10-16(3)13-22/h5-10,12-13H,4,14H2,1-3H3/q+1/b20-18-. The molecule has 128 valence electrons. The highest BCUT2D eigenvalue weighted by atomic mass is 32.2. The summed E-state index contributed by atoms with van der Waals surface area (Å²) < 4.78 is 2.74. The number of allylic oxidation sites excluding steroid dienone is 1. The SMILES string of the molecule is CCS/C(SCC(=O)c1ccccc1)=C(\C#N)[n+]1cc(C)cc(C)c1. The van der Waals surface area contributed by atoms with Crippen LogP contribution in [0.5, 0.6) is 0 Å². The molecule has 0 aliphatic carbocycles. The van der Waals surface area contributed by atoms with Crippen LogP contribution in [0.1, 0.15) is 28.4 Å². The van der Waals surface area contributed by atoms with Crippen LogP contribution in [0.2, 0.25) is 0 Å². The molecule has 0 bridgehead atoms. The van der Waals surface area contributed by atoms with E-state index >= 15 is 0 Å². The number of aromatic nitrogens is 1. The first kappa shape index (κ1) is 19.3. The fourth-order valence-corrected chi connectivity index (χ4v) is 4.53. The molecular formula is C20H21N2OS2+. The van der Waals surface area contributed by atoms with Gasteiger partial charge in [-0.25, -0.2) is 0 Å². The van der Waals surface area contributed by atoms with E-state index in [2.05, 4.69) is 12.1 Å². The van der Waals surface area contributed by atoms with Gasteiger partial charge in [0.1, 0.15) is 4.24 Å². The van der Waals surface area contributed by atoms with Gasteiger partial charge in [0.15, 0.2) is 24.2 Å². The number of hydrogen-bond acceptors (Lipinski definition) is 4. The van der Waals surface area contributed by atoms with Gasteiger partial charge in [-0.1, -0.05) is 37.3 Å². The second kappa shape index (κ2) is 9.45. The summed E-state index contributed by atoms with van der Waals surface area (Å²) in [4.78, 5) is 12.4. The predicted molar refractivity (Wildman–Crippen MR) is 106 cm³/mol. The number of benzene rings is 1. The third kappa shape index (κ3) is 5.48. The Morgan fingerprint density at radius 2 is 1.76 bits per heavy atom. The Kier molecular flexibility index (Phi) is 7.30. The Bertz CT molecular complexity index is 803. The van der Waals surface area contributed by atoms with Crippen molar-refractivity contribution >= 4 is 35.0 Å². The van der Waals surface area contributed by atoms with Crippen LogP contribution in [-0.2, 0) is 0 Å². The Hall–Kier alpha value is -2.03. The van der Waals surface area contributed by atoms with Crippen LogP contribution < -0.4 is 4.57 Å². The molecule has 0 fully saturated rings. The van der Waals surface area contributed by atoms with E-state index < -0.39 is 0 Å². The number of rotatable bonds is 7. The van der Waals surface area contributed by atoms with E-state index in [1.165, 1.54) is 11.8 Å². The zero-order valence-electron chi connectivity index (χ0n) is 14.7. The summed E-state index contributed by atoms with van der Waals surface area (Å²) in [5.41, 5.74) is 3.47. The molecule has 5 heteroatoms. The molecule has 0 spiro atoms. The minimum absolute atomic E-state index is 0.0718. The van der Waals surface area contributed by atoms with E-state index in [-0.39, 0.29) is 5.78 Å². The number of carbonyl (C=O) groups excluding carboxylic acids is 1. The van der Waals surface area contributed by atoms with Crippen LogP contribution in [0.3, 0.4) is 0 Å². The quantitative estimate of drug-likeness (QED) is 0.406. The lowest BCUT2D eigenvalue weighted by atomic mass is 10.2. The van der Waals surface area contributed by atoms with Crippen LogP contribution in [0.15, 0.2) is 53.0 Å². The maximum absolute atomic E-state index is 12.4. The van der Waals surface area contributed by atoms with E-state index in [0.717, 1.165) is 21.1 Å². The summed E-state index contributed by atoms with van der Waals surface area (Å²) in [6.45, 7) is 6.07. The first-order valence-corrected chi connectivity index (χ1v) is 10.0. The highest BCUT2D eigenvalue weighted by Crippen LogP contribution is 2.32. The molecule has 0 amide bonds. The van der Waals surface area contributed by atoms with Crippen molar-refractivity contribution in [1.29, 1.82) is 5.26 Å². The molecule has 1 heterocycles. The molecule has 2 rings (SSSR count). The number of thioether (sulfide) groups is 2. The largest absolute Gasteiger partial charge is 0.308 e. The van der Waals surface area contributed by atoms with E-state index in [4.69, 9.17) is 0 Å². The normalized spacial score (nSPS) is 11.6. The third-order valence-electron chi connectivity index (χ3n) is 3.40. The van der Waals surface area contributed by atoms with E-state index in [9.17, 15) is 10.1 Å². The molecule has 0 radical (unpaired) electrons. The van der Waals surface area contributed by atoms with Gasteiger partial charge in [0, 0.05) is 16.7 Å². The van der Waals surface area contributed by atoms with Gasteiger partial charge >= 0.3 is 5.70 Å². The van der Waals surface area contributed by atoms with Gasteiger partial charge in [-0.05, 0) is 25.7 Å². The lowest BCUT2D eigenvalue weighted by molar-refractivity contribution is -0.578. The molecule has 2 aromatic rings. The molecule has 0 unspecified atom stereocenters. The first-order valence-electron chi connectivity index (χ1n) is 8.03. The van der Waals surface area contributed by atoms with Gasteiger partial charge in [0.2, 0.25) is 0 Å². The molecule has 0 saturated carbocycles. The fourth-order valence-electron chi connectivity index (χ4n) is 2.40. The summed E-state index contributed by atoms with van der Waals surface area (Å²) in [6, 6.07) is 13.7. The lowest BCUT2D eigenvalue weighted by Gasteiger charge is -2.06. The monoisotopic (exact) mass is 369 g/mol. The average Bonchev–Trinajstić information content (AvgIpc) is 2.60. The Morgan fingerprint density at radius 1 is 1.12 bits per heavy atom. The minimum atomic E-state index is 0.0718. The van der Waals surface area contributed by atoms with Crippen LogP contribution in [0.25, 0.3) is 5.70 Å². The van der Waals surface area contributed by atoms with Crippen molar-refractivity contribution in [2.75, 3.05) is 11.5 Å². The van der Waals surface area contributed by atoms with Gasteiger partial charge in [-0.2, -0.15) is 9.83 Å². The van der Waals surface area contributed by atoms with Crippen molar-refractivity contribution in [1.82, 2.24) is 0 Å². The van der Waals surface area contributed by atoms with Crippen LogP contribution in [0, 0.1) is 25.2 Å². The fraction of sp³-hybridized carbons (Fsp3) is 0.250. The van der Waals surface area contributed by atoms with Crippen molar-refractivity contribution in [2.45, 2.75) is 20.8 Å². The van der Waals surface area contributed by atoms with E-state index in [1.807, 2.05) is 68.1 Å². The number of nitriles is 1. The Morgan fingerprint density at radius 3 is 2.32 bits per heavy atom.